The second kappa shape index (κ2) is 6.62. The van der Waals surface area contributed by atoms with Crippen molar-refractivity contribution in [3.8, 4) is 0 Å². The number of aliphatic hydroxyl groups is 1. The van der Waals surface area contributed by atoms with Crippen LogP contribution < -0.4 is 0 Å². The van der Waals surface area contributed by atoms with E-state index in [-0.39, 0.29) is 6.10 Å². The van der Waals surface area contributed by atoms with Crippen LogP contribution >= 0.6 is 11.6 Å². The van der Waals surface area contributed by atoms with Gasteiger partial charge in [-0.15, -0.1) is 11.6 Å². The van der Waals surface area contributed by atoms with E-state index in [1.807, 2.05) is 0 Å². The Morgan fingerprint density at radius 3 is 2.29 bits per heavy atom. The third-order valence-electron chi connectivity index (χ3n) is 2.65. The Balaban J connectivity index is 2.15. The number of β-amino-alcohol motifs (C(OH)–C–C–N with tert-alkyl or cyclic N) is 1. The Bertz CT molecular complexity index is 149. The van der Waals surface area contributed by atoms with Crippen LogP contribution in [0.15, 0.2) is 0 Å². The molecule has 1 heterocycles. The molecule has 14 heavy (non-hydrogen) atoms. The molecule has 1 rings (SSSR count). The molecular weight excluding hydrogens is 200 g/mol. The lowest BCUT2D eigenvalue weighted by molar-refractivity contribution is 0.0822. The number of nitrogens with zero attached hydrogens (tertiary/aromatic N) is 2. The van der Waals surface area contributed by atoms with Gasteiger partial charge in [0.1, 0.15) is 0 Å². The van der Waals surface area contributed by atoms with Gasteiger partial charge in [0.15, 0.2) is 0 Å². The minimum absolute atomic E-state index is 0.342. The highest BCUT2D eigenvalue weighted by molar-refractivity contribution is 6.18. The van der Waals surface area contributed by atoms with Crippen molar-refractivity contribution in [2.75, 3.05) is 45.1 Å². The average molecular weight is 221 g/mol. The quantitative estimate of drug-likeness (QED) is 0.688. The maximum atomic E-state index is 9.39. The average Bonchev–Trinajstić information content (AvgIpc) is 2.21. The van der Waals surface area contributed by atoms with Crippen molar-refractivity contribution in [3.05, 3.63) is 0 Å². The Kier molecular flexibility index (Phi) is 5.78. The normalized spacial score (nSPS) is 22.5. The van der Waals surface area contributed by atoms with Gasteiger partial charge in [-0.05, 0) is 13.0 Å². The van der Waals surface area contributed by atoms with E-state index in [1.54, 1.807) is 0 Å². The maximum Gasteiger partial charge on any atom is 0.0802 e. The molecular formula is C10H21ClN2O. The Labute approximate surface area is 91.6 Å². The van der Waals surface area contributed by atoms with Crippen molar-refractivity contribution >= 4 is 11.6 Å². The minimum atomic E-state index is -0.366. The van der Waals surface area contributed by atoms with E-state index in [0.717, 1.165) is 32.7 Å². The molecule has 1 N–H and O–H groups in total. The Morgan fingerprint density at radius 2 is 1.79 bits per heavy atom. The summed E-state index contributed by atoms with van der Waals surface area (Å²) in [6, 6.07) is 0. The van der Waals surface area contributed by atoms with Gasteiger partial charge < -0.3 is 10.0 Å². The lowest BCUT2D eigenvalue weighted by Crippen LogP contribution is -2.48. The predicted octanol–water partition coefficient (Wildman–Crippen LogP) is 0.614. The standard InChI is InChI=1S/C10H21ClN2O/c1-2-3-12-4-6-13(7-5-12)9-10(14)8-11/h10,14H,2-9H2,1H3. The van der Waals surface area contributed by atoms with E-state index >= 15 is 0 Å². The van der Waals surface area contributed by atoms with Gasteiger partial charge in [-0.3, -0.25) is 4.90 Å². The van der Waals surface area contributed by atoms with E-state index in [1.165, 1.54) is 13.0 Å². The molecule has 0 amide bonds. The molecule has 1 unspecified atom stereocenters. The predicted molar refractivity (Wildman–Crippen MR) is 59.9 cm³/mol. The van der Waals surface area contributed by atoms with Gasteiger partial charge >= 0.3 is 0 Å². The van der Waals surface area contributed by atoms with Gasteiger partial charge in [0, 0.05) is 38.6 Å². The number of hydrogen-bond donors (Lipinski definition) is 1. The zero-order valence-electron chi connectivity index (χ0n) is 8.95. The molecule has 1 fully saturated rings. The molecule has 0 bridgehead atoms. The molecule has 1 aliphatic heterocycles. The first kappa shape index (κ1) is 12.2. The van der Waals surface area contributed by atoms with Crippen LogP contribution in [0.5, 0.6) is 0 Å². The monoisotopic (exact) mass is 220 g/mol. The van der Waals surface area contributed by atoms with Crippen LogP contribution in [0, 0.1) is 0 Å². The Hall–Kier alpha value is 0.170. The molecule has 1 saturated heterocycles. The summed E-state index contributed by atoms with van der Waals surface area (Å²) < 4.78 is 0. The van der Waals surface area contributed by atoms with Crippen molar-refractivity contribution in [2.24, 2.45) is 0 Å². The topological polar surface area (TPSA) is 26.7 Å². The second-order valence-corrected chi connectivity index (χ2v) is 4.26. The number of alkyl halides is 1. The summed E-state index contributed by atoms with van der Waals surface area (Å²) in [5.41, 5.74) is 0. The lowest BCUT2D eigenvalue weighted by Gasteiger charge is -2.35. The summed E-state index contributed by atoms with van der Waals surface area (Å²) in [5, 5.41) is 9.39. The molecule has 84 valence electrons. The molecule has 0 saturated carbocycles. The SMILES string of the molecule is CCCN1CCN(CC(O)CCl)CC1. The van der Waals surface area contributed by atoms with E-state index in [2.05, 4.69) is 16.7 Å². The highest BCUT2D eigenvalue weighted by atomic mass is 35.5. The summed E-state index contributed by atoms with van der Waals surface area (Å²) in [4.78, 5) is 4.77. The molecule has 1 atom stereocenters. The first-order valence-corrected chi connectivity index (χ1v) is 5.98. The maximum absolute atomic E-state index is 9.39. The number of hydrogen-bond acceptors (Lipinski definition) is 3. The van der Waals surface area contributed by atoms with Crippen LogP contribution in [-0.4, -0.2) is 66.2 Å². The number of piperazine rings is 1. The molecule has 1 aliphatic rings. The fourth-order valence-corrected chi connectivity index (χ4v) is 1.96. The zero-order valence-corrected chi connectivity index (χ0v) is 9.71. The summed E-state index contributed by atoms with van der Waals surface area (Å²) in [6.07, 6.45) is 0.860. The van der Waals surface area contributed by atoms with Crippen molar-refractivity contribution in [3.63, 3.8) is 0 Å². The van der Waals surface area contributed by atoms with E-state index in [4.69, 9.17) is 11.6 Å². The van der Waals surface area contributed by atoms with E-state index in [9.17, 15) is 5.11 Å². The Morgan fingerprint density at radius 1 is 1.21 bits per heavy atom. The molecule has 0 aromatic heterocycles. The fourth-order valence-electron chi connectivity index (χ4n) is 1.86. The molecule has 0 aromatic rings. The van der Waals surface area contributed by atoms with E-state index in [0.29, 0.717) is 5.88 Å². The number of rotatable bonds is 5. The van der Waals surface area contributed by atoms with E-state index < -0.39 is 0 Å². The molecule has 0 radical (unpaired) electrons. The van der Waals surface area contributed by atoms with Crippen molar-refractivity contribution in [2.45, 2.75) is 19.4 Å². The number of aliphatic hydroxyl groups excluding tert-OH is 1. The molecule has 3 nitrogen and oxygen atoms in total. The van der Waals surface area contributed by atoms with Gasteiger partial charge in [0.25, 0.3) is 0 Å². The van der Waals surface area contributed by atoms with Crippen molar-refractivity contribution < 1.29 is 5.11 Å². The summed E-state index contributed by atoms with van der Waals surface area (Å²) in [6.45, 7) is 8.52. The summed E-state index contributed by atoms with van der Waals surface area (Å²) >= 11 is 5.56. The molecule has 0 aromatic carbocycles. The van der Waals surface area contributed by atoms with Gasteiger partial charge in [-0.1, -0.05) is 6.92 Å². The number of halogens is 1. The van der Waals surface area contributed by atoms with Gasteiger partial charge in [0.05, 0.1) is 6.10 Å². The van der Waals surface area contributed by atoms with Crippen LogP contribution in [-0.2, 0) is 0 Å². The highest BCUT2D eigenvalue weighted by Gasteiger charge is 2.17. The van der Waals surface area contributed by atoms with Crippen molar-refractivity contribution in [1.29, 1.82) is 0 Å². The minimum Gasteiger partial charge on any atom is -0.391 e. The molecule has 0 aliphatic carbocycles. The van der Waals surface area contributed by atoms with Crippen molar-refractivity contribution in [1.82, 2.24) is 9.80 Å². The lowest BCUT2D eigenvalue weighted by atomic mass is 10.2. The highest BCUT2D eigenvalue weighted by Crippen LogP contribution is 2.03. The molecule has 0 spiro atoms. The van der Waals surface area contributed by atoms with Crippen LogP contribution in [0.3, 0.4) is 0 Å². The first-order chi connectivity index (χ1) is 6.76. The zero-order chi connectivity index (χ0) is 10.4. The summed E-state index contributed by atoms with van der Waals surface area (Å²) in [7, 11) is 0. The largest absolute Gasteiger partial charge is 0.391 e. The third-order valence-corrected chi connectivity index (χ3v) is 3.01. The third kappa shape index (κ3) is 4.13. The van der Waals surface area contributed by atoms with Gasteiger partial charge in [-0.25, -0.2) is 0 Å². The smallest absolute Gasteiger partial charge is 0.0802 e. The fraction of sp³-hybridized carbons (Fsp3) is 1.00. The van der Waals surface area contributed by atoms with Gasteiger partial charge in [-0.2, -0.15) is 0 Å². The van der Waals surface area contributed by atoms with Gasteiger partial charge in [0.2, 0.25) is 0 Å². The van der Waals surface area contributed by atoms with Crippen LogP contribution in [0.4, 0.5) is 0 Å². The van der Waals surface area contributed by atoms with Crippen LogP contribution in [0.25, 0.3) is 0 Å². The summed E-state index contributed by atoms with van der Waals surface area (Å²) in [5.74, 6) is 0.342. The van der Waals surface area contributed by atoms with Crippen LogP contribution in [0.2, 0.25) is 0 Å². The first-order valence-electron chi connectivity index (χ1n) is 5.45. The second-order valence-electron chi connectivity index (χ2n) is 3.95. The van der Waals surface area contributed by atoms with Crippen LogP contribution in [0.1, 0.15) is 13.3 Å². The molecule has 4 heteroatoms.